The van der Waals surface area contributed by atoms with E-state index in [0.717, 1.165) is 11.3 Å². The largest absolute Gasteiger partial charge is 0.362 e. The van der Waals surface area contributed by atoms with Gasteiger partial charge in [-0.15, -0.1) is 0 Å². The summed E-state index contributed by atoms with van der Waals surface area (Å²) in [5.41, 5.74) is 0.143. The van der Waals surface area contributed by atoms with Crippen molar-refractivity contribution in [1.82, 2.24) is 15.2 Å². The predicted octanol–water partition coefficient (Wildman–Crippen LogP) is -0.0312. The van der Waals surface area contributed by atoms with Crippen molar-refractivity contribution < 1.29 is 14.3 Å². The molecule has 7 nitrogen and oxygen atoms in total. The Labute approximate surface area is 128 Å². The van der Waals surface area contributed by atoms with Crippen LogP contribution < -0.4 is 10.9 Å². The maximum Gasteiger partial charge on any atom is 0.261 e. The van der Waals surface area contributed by atoms with E-state index < -0.39 is 11.2 Å². The maximum absolute atomic E-state index is 12.6. The van der Waals surface area contributed by atoms with Crippen LogP contribution in [0.3, 0.4) is 0 Å². The Morgan fingerprint density at radius 1 is 1.41 bits per heavy atom. The van der Waals surface area contributed by atoms with Crippen LogP contribution >= 0.6 is 0 Å². The molecule has 2 N–H and O–H groups in total. The van der Waals surface area contributed by atoms with Gasteiger partial charge >= 0.3 is 0 Å². The Morgan fingerprint density at radius 3 is 2.73 bits per heavy atom. The van der Waals surface area contributed by atoms with Gasteiger partial charge in [0.25, 0.3) is 17.4 Å². The van der Waals surface area contributed by atoms with E-state index in [9.17, 15) is 14.4 Å². The molecule has 22 heavy (non-hydrogen) atoms. The summed E-state index contributed by atoms with van der Waals surface area (Å²) < 4.78 is 5.52. The molecule has 120 valence electrons. The van der Waals surface area contributed by atoms with Crippen LogP contribution in [0.1, 0.15) is 28.5 Å². The van der Waals surface area contributed by atoms with Crippen molar-refractivity contribution in [1.29, 1.82) is 0 Å². The second-order valence-corrected chi connectivity index (χ2v) is 5.71. The Balaban J connectivity index is 2.28. The lowest BCUT2D eigenvalue weighted by atomic mass is 10.0. The summed E-state index contributed by atoms with van der Waals surface area (Å²) in [5.74, 6) is -0.679. The minimum Gasteiger partial charge on any atom is -0.362 e. The number of nitrogens with one attached hydrogen (secondary N) is 2. The highest BCUT2D eigenvalue weighted by atomic mass is 16.5. The van der Waals surface area contributed by atoms with Crippen molar-refractivity contribution in [2.75, 3.05) is 26.7 Å². The van der Waals surface area contributed by atoms with Crippen LogP contribution in [0.15, 0.2) is 10.9 Å². The molecule has 1 atom stereocenters. The van der Waals surface area contributed by atoms with E-state index in [-0.39, 0.29) is 30.5 Å². The van der Waals surface area contributed by atoms with Gasteiger partial charge in [-0.1, -0.05) is 0 Å². The number of nitrogens with zero attached hydrogens (tertiary/aromatic N) is 1. The highest BCUT2D eigenvalue weighted by Gasteiger charge is 2.40. The van der Waals surface area contributed by atoms with Crippen molar-refractivity contribution in [3.63, 3.8) is 0 Å². The number of carbonyl (C=O) groups excluding carboxylic acids is 2. The topological polar surface area (TPSA) is 91.5 Å². The van der Waals surface area contributed by atoms with Crippen LogP contribution in [0.2, 0.25) is 0 Å². The third-order valence-electron chi connectivity index (χ3n) is 4.00. The SMILES string of the molecule is CNC(=O)[C@]1(C)CN(C(=O)c2cc(C)c(C)[nH]c2=O)CCO1. The number of morpholine rings is 1. The Bertz CT molecular complexity index is 667. The van der Waals surface area contributed by atoms with Gasteiger partial charge < -0.3 is 19.9 Å². The summed E-state index contributed by atoms with van der Waals surface area (Å²) >= 11 is 0. The molecule has 0 aromatic carbocycles. The lowest BCUT2D eigenvalue weighted by molar-refractivity contribution is -0.153. The van der Waals surface area contributed by atoms with Crippen LogP contribution in [-0.2, 0) is 9.53 Å². The van der Waals surface area contributed by atoms with E-state index in [4.69, 9.17) is 4.74 Å². The number of ether oxygens (including phenoxy) is 1. The number of likely N-dealkylation sites (N-methyl/N-ethyl adjacent to an activating group) is 1. The van der Waals surface area contributed by atoms with Crippen LogP contribution in [0.25, 0.3) is 0 Å². The van der Waals surface area contributed by atoms with Gasteiger partial charge in [-0.3, -0.25) is 14.4 Å². The summed E-state index contributed by atoms with van der Waals surface area (Å²) in [4.78, 5) is 40.7. The van der Waals surface area contributed by atoms with Crippen molar-refractivity contribution in [3.05, 3.63) is 33.2 Å². The number of H-pyrrole nitrogens is 1. The molecule has 0 saturated carbocycles. The molecule has 1 saturated heterocycles. The first-order valence-corrected chi connectivity index (χ1v) is 7.14. The summed E-state index contributed by atoms with van der Waals surface area (Å²) in [6.07, 6.45) is 0. The molecule has 1 aliphatic heterocycles. The lowest BCUT2D eigenvalue weighted by Gasteiger charge is -2.38. The van der Waals surface area contributed by atoms with Crippen molar-refractivity contribution in [2.24, 2.45) is 0 Å². The van der Waals surface area contributed by atoms with Crippen molar-refractivity contribution >= 4 is 11.8 Å². The first-order chi connectivity index (χ1) is 10.3. The van der Waals surface area contributed by atoms with E-state index in [1.165, 1.54) is 11.9 Å². The Kier molecular flexibility index (Phi) is 4.37. The summed E-state index contributed by atoms with van der Waals surface area (Å²) in [5, 5.41) is 2.53. The quantitative estimate of drug-likeness (QED) is 0.802. The predicted molar refractivity (Wildman–Crippen MR) is 80.9 cm³/mol. The van der Waals surface area contributed by atoms with Gasteiger partial charge in [-0.25, -0.2) is 0 Å². The molecule has 0 aliphatic carbocycles. The monoisotopic (exact) mass is 307 g/mol. The number of rotatable bonds is 2. The zero-order valence-electron chi connectivity index (χ0n) is 13.3. The number of aromatic nitrogens is 1. The van der Waals surface area contributed by atoms with E-state index in [0.29, 0.717) is 6.54 Å². The molecular weight excluding hydrogens is 286 g/mol. The van der Waals surface area contributed by atoms with E-state index in [1.807, 2.05) is 6.92 Å². The zero-order valence-corrected chi connectivity index (χ0v) is 13.3. The minimum atomic E-state index is -1.10. The molecular formula is C15H21N3O4. The molecule has 2 amide bonds. The Morgan fingerprint density at radius 2 is 2.09 bits per heavy atom. The molecule has 0 radical (unpaired) electrons. The molecule has 2 heterocycles. The standard InChI is InChI=1S/C15H21N3O4/c1-9-7-11(12(19)17-10(9)2)13(20)18-5-6-22-15(3,8-18)14(21)16-4/h7H,5-6,8H2,1-4H3,(H,16,21)(H,17,19)/t15-/m0/s1. The van der Waals surface area contributed by atoms with Gasteiger partial charge in [-0.05, 0) is 32.4 Å². The van der Waals surface area contributed by atoms with Gasteiger partial charge in [0.1, 0.15) is 5.56 Å². The average Bonchev–Trinajstić information content (AvgIpc) is 2.49. The average molecular weight is 307 g/mol. The number of hydrogen-bond acceptors (Lipinski definition) is 4. The zero-order chi connectivity index (χ0) is 16.5. The molecule has 1 aromatic rings. The number of pyridine rings is 1. The van der Waals surface area contributed by atoms with Crippen molar-refractivity contribution in [3.8, 4) is 0 Å². The highest BCUT2D eigenvalue weighted by molar-refractivity contribution is 5.95. The molecule has 0 unspecified atom stereocenters. The highest BCUT2D eigenvalue weighted by Crippen LogP contribution is 2.19. The molecule has 0 bridgehead atoms. The Hall–Kier alpha value is -2.15. The minimum absolute atomic E-state index is 0.0873. The fourth-order valence-corrected chi connectivity index (χ4v) is 2.50. The van der Waals surface area contributed by atoms with Crippen LogP contribution in [-0.4, -0.2) is 54.0 Å². The number of carbonyl (C=O) groups is 2. The van der Waals surface area contributed by atoms with E-state index in [1.54, 1.807) is 19.9 Å². The van der Waals surface area contributed by atoms with Gasteiger partial charge in [0, 0.05) is 19.3 Å². The third kappa shape index (κ3) is 2.89. The lowest BCUT2D eigenvalue weighted by Crippen LogP contribution is -2.59. The van der Waals surface area contributed by atoms with E-state index in [2.05, 4.69) is 10.3 Å². The number of hydrogen-bond donors (Lipinski definition) is 2. The van der Waals surface area contributed by atoms with Gasteiger partial charge in [0.2, 0.25) is 0 Å². The number of aromatic amines is 1. The third-order valence-corrected chi connectivity index (χ3v) is 4.00. The normalized spacial score (nSPS) is 21.5. The fraction of sp³-hybridized carbons (Fsp3) is 0.533. The second kappa shape index (κ2) is 5.92. The van der Waals surface area contributed by atoms with Crippen LogP contribution in [0.5, 0.6) is 0 Å². The molecule has 1 aliphatic rings. The maximum atomic E-state index is 12.6. The molecule has 0 spiro atoms. The number of aryl methyl sites for hydroxylation is 2. The smallest absolute Gasteiger partial charge is 0.261 e. The first kappa shape index (κ1) is 16.2. The summed E-state index contributed by atoms with van der Waals surface area (Å²) in [6.45, 7) is 5.95. The van der Waals surface area contributed by atoms with Crippen molar-refractivity contribution in [2.45, 2.75) is 26.4 Å². The molecule has 1 fully saturated rings. The fourth-order valence-electron chi connectivity index (χ4n) is 2.50. The summed E-state index contributed by atoms with van der Waals surface area (Å²) in [7, 11) is 1.52. The molecule has 1 aromatic heterocycles. The van der Waals surface area contributed by atoms with E-state index >= 15 is 0 Å². The van der Waals surface area contributed by atoms with Gasteiger partial charge in [0.05, 0.1) is 13.2 Å². The van der Waals surface area contributed by atoms with Gasteiger partial charge in [-0.2, -0.15) is 0 Å². The summed E-state index contributed by atoms with van der Waals surface area (Å²) in [6, 6.07) is 1.59. The van der Waals surface area contributed by atoms with Gasteiger partial charge in [0.15, 0.2) is 5.60 Å². The second-order valence-electron chi connectivity index (χ2n) is 5.71. The molecule has 2 rings (SSSR count). The van der Waals surface area contributed by atoms with Crippen LogP contribution in [0, 0.1) is 13.8 Å². The first-order valence-electron chi connectivity index (χ1n) is 7.14. The molecule has 7 heteroatoms. The number of amides is 2. The van der Waals surface area contributed by atoms with Crippen LogP contribution in [0.4, 0.5) is 0 Å².